The monoisotopic (exact) mass is 455 g/mol. The van der Waals surface area contributed by atoms with Crippen molar-refractivity contribution in [3.63, 3.8) is 0 Å². The molecule has 8 nitrogen and oxygen atoms in total. The third-order valence-electron chi connectivity index (χ3n) is 4.64. The standard InChI is InChI=1S/C23H25N3O5S/c1-4-13-31-18-11-9-16(10-12-18)24-20(27)14-19-21(28)26(2)23(32-19)25-17-7-5-15(6-8-17)22(29)30-3/h5-12,19H,4,13-14H2,1-3H3,(H,24,27). The van der Waals surface area contributed by atoms with E-state index in [9.17, 15) is 14.4 Å². The van der Waals surface area contributed by atoms with Crippen LogP contribution in [0.2, 0.25) is 0 Å². The summed E-state index contributed by atoms with van der Waals surface area (Å²) < 4.78 is 10.2. The van der Waals surface area contributed by atoms with Gasteiger partial charge in [0.25, 0.3) is 0 Å². The summed E-state index contributed by atoms with van der Waals surface area (Å²) in [7, 11) is 2.95. The summed E-state index contributed by atoms with van der Waals surface area (Å²) in [4.78, 5) is 42.5. The first-order valence-electron chi connectivity index (χ1n) is 10.1. The molecule has 1 unspecified atom stereocenters. The van der Waals surface area contributed by atoms with Crippen LogP contribution in [0.4, 0.5) is 11.4 Å². The minimum atomic E-state index is -0.555. The van der Waals surface area contributed by atoms with Gasteiger partial charge in [0.05, 0.1) is 25.0 Å². The van der Waals surface area contributed by atoms with Crippen LogP contribution in [0.1, 0.15) is 30.1 Å². The number of amides is 2. The summed E-state index contributed by atoms with van der Waals surface area (Å²) in [6.45, 7) is 2.67. The van der Waals surface area contributed by atoms with Gasteiger partial charge < -0.3 is 14.8 Å². The van der Waals surface area contributed by atoms with E-state index in [-0.39, 0.29) is 18.2 Å². The Morgan fingerprint density at radius 1 is 1.12 bits per heavy atom. The topological polar surface area (TPSA) is 97.3 Å². The Morgan fingerprint density at radius 2 is 1.81 bits per heavy atom. The summed E-state index contributed by atoms with van der Waals surface area (Å²) in [6, 6.07) is 13.7. The number of aliphatic imine (C=N–C) groups is 1. The number of thioether (sulfide) groups is 1. The summed E-state index contributed by atoms with van der Waals surface area (Å²) >= 11 is 1.24. The van der Waals surface area contributed by atoms with Crippen LogP contribution in [0.15, 0.2) is 53.5 Å². The molecule has 0 aliphatic carbocycles. The lowest BCUT2D eigenvalue weighted by molar-refractivity contribution is -0.127. The molecular weight excluding hydrogens is 430 g/mol. The van der Waals surface area contributed by atoms with Gasteiger partial charge >= 0.3 is 5.97 Å². The van der Waals surface area contributed by atoms with E-state index in [1.807, 2.05) is 6.92 Å². The number of esters is 1. The largest absolute Gasteiger partial charge is 0.494 e. The number of hydrogen-bond acceptors (Lipinski definition) is 7. The summed E-state index contributed by atoms with van der Waals surface area (Å²) in [6.07, 6.45) is 0.951. The summed E-state index contributed by atoms with van der Waals surface area (Å²) in [5.41, 5.74) is 1.65. The van der Waals surface area contributed by atoms with Crippen LogP contribution in [0, 0.1) is 0 Å². The van der Waals surface area contributed by atoms with Crippen LogP contribution in [0.5, 0.6) is 5.75 Å². The van der Waals surface area contributed by atoms with Crippen molar-refractivity contribution in [2.45, 2.75) is 25.0 Å². The van der Waals surface area contributed by atoms with Gasteiger partial charge in [-0.25, -0.2) is 9.79 Å². The average Bonchev–Trinajstić information content (AvgIpc) is 3.06. The molecule has 1 N–H and O–H groups in total. The minimum Gasteiger partial charge on any atom is -0.494 e. The fourth-order valence-electron chi connectivity index (χ4n) is 2.93. The molecule has 0 aromatic heterocycles. The van der Waals surface area contributed by atoms with Crippen molar-refractivity contribution in [1.82, 2.24) is 4.90 Å². The molecule has 1 saturated heterocycles. The molecule has 0 spiro atoms. The van der Waals surface area contributed by atoms with Crippen molar-refractivity contribution in [2.24, 2.45) is 4.99 Å². The Labute approximate surface area is 191 Å². The van der Waals surface area contributed by atoms with E-state index < -0.39 is 11.2 Å². The van der Waals surface area contributed by atoms with E-state index in [0.717, 1.165) is 12.2 Å². The number of anilines is 1. The quantitative estimate of drug-likeness (QED) is 0.607. The highest BCUT2D eigenvalue weighted by Gasteiger charge is 2.37. The maximum absolute atomic E-state index is 12.6. The number of rotatable bonds is 8. The lowest BCUT2D eigenvalue weighted by atomic mass is 10.2. The number of nitrogens with one attached hydrogen (secondary N) is 1. The predicted molar refractivity (Wildman–Crippen MR) is 125 cm³/mol. The third-order valence-corrected chi connectivity index (χ3v) is 5.86. The van der Waals surface area contributed by atoms with Crippen molar-refractivity contribution >= 4 is 46.1 Å². The number of carbonyl (C=O) groups is 3. The fourth-order valence-corrected chi connectivity index (χ4v) is 4.09. The van der Waals surface area contributed by atoms with Crippen molar-refractivity contribution in [3.05, 3.63) is 54.1 Å². The van der Waals surface area contributed by atoms with E-state index in [0.29, 0.717) is 28.7 Å². The SMILES string of the molecule is CCCOc1ccc(NC(=O)CC2SC(=Nc3ccc(C(=O)OC)cc3)N(C)C2=O)cc1. The van der Waals surface area contributed by atoms with Gasteiger partial charge in [-0.3, -0.25) is 14.5 Å². The number of methoxy groups -OCH3 is 1. The Bertz CT molecular complexity index is 1010. The zero-order valence-electron chi connectivity index (χ0n) is 18.2. The number of nitrogens with zero attached hydrogens (tertiary/aromatic N) is 2. The Kier molecular flexibility index (Phi) is 7.88. The molecule has 9 heteroatoms. The first-order valence-corrected chi connectivity index (χ1v) is 11.0. The van der Waals surface area contributed by atoms with Crippen LogP contribution in [0.25, 0.3) is 0 Å². The molecule has 1 fully saturated rings. The first-order chi connectivity index (χ1) is 15.4. The summed E-state index contributed by atoms with van der Waals surface area (Å²) in [5, 5.41) is 2.75. The third kappa shape index (κ3) is 5.88. The normalized spacial score (nSPS) is 16.8. The second-order valence-electron chi connectivity index (χ2n) is 7.06. The van der Waals surface area contributed by atoms with Crippen molar-refractivity contribution in [1.29, 1.82) is 0 Å². The molecule has 2 aromatic rings. The van der Waals surface area contributed by atoms with Gasteiger partial charge in [0.2, 0.25) is 11.8 Å². The predicted octanol–water partition coefficient (Wildman–Crippen LogP) is 3.85. The van der Waals surface area contributed by atoms with Crippen LogP contribution in [-0.4, -0.2) is 53.9 Å². The van der Waals surface area contributed by atoms with Crippen molar-refractivity contribution in [2.75, 3.05) is 26.1 Å². The van der Waals surface area contributed by atoms with Gasteiger partial charge in [0.15, 0.2) is 5.17 Å². The zero-order chi connectivity index (χ0) is 23.1. The Hall–Kier alpha value is -3.33. The second kappa shape index (κ2) is 10.8. The van der Waals surface area contributed by atoms with Gasteiger partial charge in [-0.15, -0.1) is 0 Å². The molecule has 2 amide bonds. The highest BCUT2D eigenvalue weighted by atomic mass is 32.2. The maximum atomic E-state index is 12.6. The molecule has 1 heterocycles. The van der Waals surface area contributed by atoms with Gasteiger partial charge in [-0.1, -0.05) is 18.7 Å². The molecule has 3 rings (SSSR count). The molecule has 168 valence electrons. The number of carbonyl (C=O) groups excluding carboxylic acids is 3. The molecule has 0 radical (unpaired) electrons. The van der Waals surface area contributed by atoms with Gasteiger partial charge in [0, 0.05) is 19.2 Å². The smallest absolute Gasteiger partial charge is 0.337 e. The van der Waals surface area contributed by atoms with Crippen LogP contribution in [-0.2, 0) is 14.3 Å². The Balaban J connectivity index is 1.59. The van der Waals surface area contributed by atoms with Crippen LogP contribution < -0.4 is 10.1 Å². The lowest BCUT2D eigenvalue weighted by Gasteiger charge is -2.10. The van der Waals surface area contributed by atoms with E-state index in [1.54, 1.807) is 55.6 Å². The van der Waals surface area contributed by atoms with Crippen LogP contribution >= 0.6 is 11.8 Å². The van der Waals surface area contributed by atoms with Gasteiger partial charge in [0.1, 0.15) is 11.0 Å². The fraction of sp³-hybridized carbons (Fsp3) is 0.304. The molecule has 2 aromatic carbocycles. The molecule has 1 aliphatic rings. The number of benzene rings is 2. The molecule has 0 bridgehead atoms. The van der Waals surface area contributed by atoms with Crippen molar-refractivity contribution in [3.8, 4) is 5.75 Å². The minimum absolute atomic E-state index is 0.0300. The lowest BCUT2D eigenvalue weighted by Crippen LogP contribution is -2.30. The number of ether oxygens (including phenoxy) is 2. The highest BCUT2D eigenvalue weighted by Crippen LogP contribution is 2.31. The van der Waals surface area contributed by atoms with E-state index in [4.69, 9.17) is 4.74 Å². The number of amidine groups is 1. The molecule has 1 atom stereocenters. The first kappa shape index (κ1) is 23.3. The summed E-state index contributed by atoms with van der Waals surface area (Å²) in [5.74, 6) is -0.122. The maximum Gasteiger partial charge on any atom is 0.337 e. The average molecular weight is 456 g/mol. The van der Waals surface area contributed by atoms with Crippen molar-refractivity contribution < 1.29 is 23.9 Å². The number of hydrogen-bond donors (Lipinski definition) is 1. The molecular formula is C23H25N3O5S. The second-order valence-corrected chi connectivity index (χ2v) is 8.23. The van der Waals surface area contributed by atoms with E-state index >= 15 is 0 Å². The van der Waals surface area contributed by atoms with Gasteiger partial charge in [-0.2, -0.15) is 0 Å². The zero-order valence-corrected chi connectivity index (χ0v) is 19.0. The molecule has 0 saturated carbocycles. The van der Waals surface area contributed by atoms with Gasteiger partial charge in [-0.05, 0) is 55.0 Å². The molecule has 1 aliphatic heterocycles. The van der Waals surface area contributed by atoms with Crippen LogP contribution in [0.3, 0.4) is 0 Å². The van der Waals surface area contributed by atoms with E-state index in [1.165, 1.54) is 23.8 Å². The highest BCUT2D eigenvalue weighted by molar-refractivity contribution is 8.15. The Morgan fingerprint density at radius 3 is 2.44 bits per heavy atom. The van der Waals surface area contributed by atoms with E-state index in [2.05, 4.69) is 15.0 Å². The molecule has 32 heavy (non-hydrogen) atoms.